The van der Waals surface area contributed by atoms with Crippen LogP contribution in [0.15, 0.2) is 0 Å². The van der Waals surface area contributed by atoms with Gasteiger partial charge in [0.2, 0.25) is 5.91 Å². The number of aliphatic hydroxyl groups excluding tert-OH is 1. The van der Waals surface area contributed by atoms with Crippen LogP contribution in [0.25, 0.3) is 0 Å². The van der Waals surface area contributed by atoms with Crippen LogP contribution in [0.4, 0.5) is 13.2 Å². The van der Waals surface area contributed by atoms with Crippen LogP contribution >= 0.6 is 0 Å². The molecule has 0 aliphatic heterocycles. The standard InChI is InChI=1S/C14H25F3N2O2/c1-2-6-19(7-8-20)10-13(21)18-12-5-3-4-11(9-12)14(15,16)17/h11-12,20H,2-10H2,1H3,(H,18,21). The molecule has 124 valence electrons. The van der Waals surface area contributed by atoms with Gasteiger partial charge in [0.15, 0.2) is 0 Å². The van der Waals surface area contributed by atoms with Gasteiger partial charge in [-0.25, -0.2) is 0 Å². The van der Waals surface area contributed by atoms with Crippen LogP contribution in [-0.4, -0.2) is 54.4 Å². The molecule has 0 aromatic carbocycles. The summed E-state index contributed by atoms with van der Waals surface area (Å²) < 4.78 is 38.1. The molecule has 2 unspecified atom stereocenters. The summed E-state index contributed by atoms with van der Waals surface area (Å²) in [4.78, 5) is 13.7. The Morgan fingerprint density at radius 1 is 1.33 bits per heavy atom. The summed E-state index contributed by atoms with van der Waals surface area (Å²) in [6.07, 6.45) is -2.09. The first-order valence-electron chi connectivity index (χ1n) is 7.56. The van der Waals surface area contributed by atoms with Crippen LogP contribution in [-0.2, 0) is 4.79 Å². The van der Waals surface area contributed by atoms with E-state index in [0.29, 0.717) is 25.9 Å². The molecule has 4 nitrogen and oxygen atoms in total. The van der Waals surface area contributed by atoms with Gasteiger partial charge >= 0.3 is 6.18 Å². The van der Waals surface area contributed by atoms with Gasteiger partial charge in [-0.15, -0.1) is 0 Å². The molecule has 0 aromatic heterocycles. The van der Waals surface area contributed by atoms with E-state index in [1.54, 1.807) is 4.90 Å². The highest BCUT2D eigenvalue weighted by molar-refractivity contribution is 5.78. The third-order valence-corrected chi connectivity index (χ3v) is 3.83. The summed E-state index contributed by atoms with van der Waals surface area (Å²) >= 11 is 0. The average Bonchev–Trinajstić information content (AvgIpc) is 2.38. The second-order valence-electron chi connectivity index (χ2n) is 5.67. The molecule has 2 atom stereocenters. The SMILES string of the molecule is CCCN(CCO)CC(=O)NC1CCCC(C(F)(F)F)C1. The number of alkyl halides is 3. The quantitative estimate of drug-likeness (QED) is 0.755. The summed E-state index contributed by atoms with van der Waals surface area (Å²) in [7, 11) is 0. The van der Waals surface area contributed by atoms with Gasteiger partial charge in [-0.2, -0.15) is 13.2 Å². The minimum atomic E-state index is -4.17. The molecule has 1 amide bonds. The maximum Gasteiger partial charge on any atom is 0.391 e. The lowest BCUT2D eigenvalue weighted by Gasteiger charge is -2.31. The fraction of sp³-hybridized carbons (Fsp3) is 0.929. The van der Waals surface area contributed by atoms with Gasteiger partial charge in [-0.05, 0) is 32.2 Å². The Morgan fingerprint density at radius 3 is 2.62 bits per heavy atom. The van der Waals surface area contributed by atoms with Gasteiger partial charge in [-0.1, -0.05) is 13.3 Å². The monoisotopic (exact) mass is 310 g/mol. The largest absolute Gasteiger partial charge is 0.395 e. The fourth-order valence-electron chi connectivity index (χ4n) is 2.82. The van der Waals surface area contributed by atoms with Gasteiger partial charge in [0.05, 0.1) is 19.1 Å². The summed E-state index contributed by atoms with van der Waals surface area (Å²) in [5.41, 5.74) is 0. The Morgan fingerprint density at radius 2 is 2.05 bits per heavy atom. The third-order valence-electron chi connectivity index (χ3n) is 3.83. The zero-order valence-electron chi connectivity index (χ0n) is 12.5. The topological polar surface area (TPSA) is 52.6 Å². The maximum atomic E-state index is 12.7. The van der Waals surface area contributed by atoms with Crippen molar-refractivity contribution < 1.29 is 23.1 Å². The van der Waals surface area contributed by atoms with Crippen molar-refractivity contribution in [2.45, 2.75) is 51.2 Å². The van der Waals surface area contributed by atoms with Crippen molar-refractivity contribution in [3.63, 3.8) is 0 Å². The summed E-state index contributed by atoms with van der Waals surface area (Å²) in [6.45, 7) is 3.15. The molecule has 0 heterocycles. The van der Waals surface area contributed by atoms with Crippen LogP contribution in [0, 0.1) is 5.92 Å². The zero-order chi connectivity index (χ0) is 15.9. The van der Waals surface area contributed by atoms with Crippen molar-refractivity contribution in [3.05, 3.63) is 0 Å². The lowest BCUT2D eigenvalue weighted by molar-refractivity contribution is -0.184. The van der Waals surface area contributed by atoms with Crippen molar-refractivity contribution >= 4 is 5.91 Å². The van der Waals surface area contributed by atoms with Crippen molar-refractivity contribution in [2.24, 2.45) is 5.92 Å². The highest BCUT2D eigenvalue weighted by atomic mass is 19.4. The van der Waals surface area contributed by atoms with Crippen molar-refractivity contribution in [1.82, 2.24) is 10.2 Å². The Bertz CT molecular complexity index is 318. The molecule has 0 bridgehead atoms. The number of aliphatic hydroxyl groups is 1. The van der Waals surface area contributed by atoms with Crippen LogP contribution in [0.5, 0.6) is 0 Å². The van der Waals surface area contributed by atoms with Crippen molar-refractivity contribution in [2.75, 3.05) is 26.2 Å². The molecule has 1 aliphatic carbocycles. The van der Waals surface area contributed by atoms with E-state index in [1.807, 2.05) is 6.92 Å². The Labute approximate surface area is 123 Å². The van der Waals surface area contributed by atoms with E-state index >= 15 is 0 Å². The van der Waals surface area contributed by atoms with E-state index in [9.17, 15) is 18.0 Å². The third kappa shape index (κ3) is 6.65. The fourth-order valence-corrected chi connectivity index (χ4v) is 2.82. The molecule has 0 spiro atoms. The van der Waals surface area contributed by atoms with Crippen LogP contribution in [0.2, 0.25) is 0 Å². The second-order valence-corrected chi connectivity index (χ2v) is 5.67. The van der Waals surface area contributed by atoms with E-state index in [-0.39, 0.29) is 31.9 Å². The highest BCUT2D eigenvalue weighted by Gasteiger charge is 2.42. The molecule has 0 saturated heterocycles. The minimum Gasteiger partial charge on any atom is -0.395 e. The smallest absolute Gasteiger partial charge is 0.391 e. The van der Waals surface area contributed by atoms with Crippen LogP contribution in [0.3, 0.4) is 0 Å². The number of hydrogen-bond acceptors (Lipinski definition) is 3. The number of carbonyl (C=O) groups is 1. The van der Waals surface area contributed by atoms with E-state index in [4.69, 9.17) is 5.11 Å². The Hall–Kier alpha value is -0.820. The van der Waals surface area contributed by atoms with E-state index < -0.39 is 18.1 Å². The van der Waals surface area contributed by atoms with Gasteiger partial charge in [0, 0.05) is 12.6 Å². The number of carbonyl (C=O) groups excluding carboxylic acids is 1. The van der Waals surface area contributed by atoms with Gasteiger partial charge < -0.3 is 10.4 Å². The maximum absolute atomic E-state index is 12.7. The molecular formula is C14H25F3N2O2. The second kappa shape index (κ2) is 8.58. The molecular weight excluding hydrogens is 285 g/mol. The highest BCUT2D eigenvalue weighted by Crippen LogP contribution is 2.37. The van der Waals surface area contributed by atoms with E-state index in [1.165, 1.54) is 0 Å². The van der Waals surface area contributed by atoms with Crippen LogP contribution in [0.1, 0.15) is 39.0 Å². The normalized spacial score (nSPS) is 23.3. The molecule has 1 saturated carbocycles. The van der Waals surface area contributed by atoms with Gasteiger partial charge in [0.1, 0.15) is 0 Å². The lowest BCUT2D eigenvalue weighted by atomic mass is 9.85. The number of amides is 1. The minimum absolute atomic E-state index is 0.0248. The number of nitrogens with zero attached hydrogens (tertiary/aromatic N) is 1. The first kappa shape index (κ1) is 18.2. The predicted molar refractivity (Wildman–Crippen MR) is 73.8 cm³/mol. The van der Waals surface area contributed by atoms with E-state index in [2.05, 4.69) is 5.32 Å². The summed E-state index contributed by atoms with van der Waals surface area (Å²) in [5.74, 6) is -1.56. The molecule has 7 heteroatoms. The molecule has 2 N–H and O–H groups in total. The number of hydrogen-bond donors (Lipinski definition) is 2. The van der Waals surface area contributed by atoms with Crippen molar-refractivity contribution in [1.29, 1.82) is 0 Å². The number of halogens is 3. The Balaban J connectivity index is 2.42. The zero-order valence-corrected chi connectivity index (χ0v) is 12.5. The average molecular weight is 310 g/mol. The number of nitrogens with one attached hydrogen (secondary N) is 1. The summed E-state index contributed by atoms with van der Waals surface area (Å²) in [5, 5.41) is 11.6. The molecule has 1 aliphatic rings. The predicted octanol–water partition coefficient (Wildman–Crippen LogP) is 1.93. The van der Waals surface area contributed by atoms with E-state index in [0.717, 1.165) is 6.42 Å². The first-order valence-corrected chi connectivity index (χ1v) is 7.56. The molecule has 1 rings (SSSR count). The van der Waals surface area contributed by atoms with Gasteiger partial charge in [-0.3, -0.25) is 9.69 Å². The molecule has 0 aromatic rings. The summed E-state index contributed by atoms with van der Waals surface area (Å²) in [6, 6.07) is -0.393. The Kier molecular flexibility index (Phi) is 7.45. The molecule has 1 fully saturated rings. The van der Waals surface area contributed by atoms with Crippen molar-refractivity contribution in [3.8, 4) is 0 Å². The lowest BCUT2D eigenvalue weighted by Crippen LogP contribution is -2.46. The first-order chi connectivity index (χ1) is 9.86. The van der Waals surface area contributed by atoms with Crippen LogP contribution < -0.4 is 5.32 Å². The molecule has 21 heavy (non-hydrogen) atoms. The molecule has 0 radical (unpaired) electrons. The van der Waals surface area contributed by atoms with Gasteiger partial charge in [0.25, 0.3) is 0 Å². The number of rotatable bonds is 7.